The molecule has 0 bridgehead atoms. The zero-order valence-corrected chi connectivity index (χ0v) is 12.3. The quantitative estimate of drug-likeness (QED) is 0.491. The number of hydrogen-bond acceptors (Lipinski definition) is 4. The minimum absolute atomic E-state index is 0.107. The van der Waals surface area contributed by atoms with Crippen molar-refractivity contribution in [2.24, 2.45) is 0 Å². The third-order valence-corrected chi connectivity index (χ3v) is 3.68. The first-order valence-electron chi connectivity index (χ1n) is 6.26. The number of nitro benzene ring substituents is 1. The minimum Gasteiger partial charge on any atom is -0.258 e. The van der Waals surface area contributed by atoms with Crippen LogP contribution in [0.4, 0.5) is 5.69 Å². The van der Waals surface area contributed by atoms with Crippen LogP contribution in [-0.4, -0.2) is 19.9 Å². The molecule has 0 saturated heterocycles. The van der Waals surface area contributed by atoms with Crippen LogP contribution >= 0.6 is 11.6 Å². The standard InChI is InChI=1S/C13H15ClN4O2/c1-4-10(14)11-7-17(16-15-11)12-5-9(3)13(18(19)20)6-8(12)2/h5-7,10H,4H2,1-3H3. The summed E-state index contributed by atoms with van der Waals surface area (Å²) in [5.41, 5.74) is 2.93. The lowest BCUT2D eigenvalue weighted by atomic mass is 10.1. The highest BCUT2D eigenvalue weighted by Gasteiger charge is 2.16. The van der Waals surface area contributed by atoms with Gasteiger partial charge in [-0.1, -0.05) is 12.1 Å². The summed E-state index contributed by atoms with van der Waals surface area (Å²) in [6.07, 6.45) is 2.52. The second kappa shape index (κ2) is 5.58. The fourth-order valence-corrected chi connectivity index (χ4v) is 2.08. The summed E-state index contributed by atoms with van der Waals surface area (Å²) in [7, 11) is 0. The second-order valence-corrected chi connectivity index (χ2v) is 5.17. The molecule has 2 rings (SSSR count). The number of benzene rings is 1. The van der Waals surface area contributed by atoms with Crippen molar-refractivity contribution in [3.63, 3.8) is 0 Å². The summed E-state index contributed by atoms with van der Waals surface area (Å²) in [6.45, 7) is 5.48. The number of alkyl halides is 1. The normalized spacial score (nSPS) is 12.4. The molecule has 0 fully saturated rings. The molecule has 0 aliphatic rings. The SMILES string of the molecule is CCC(Cl)c1cn(-c2cc(C)c([N+](=O)[O-])cc2C)nn1. The van der Waals surface area contributed by atoms with E-state index in [1.54, 1.807) is 36.9 Å². The molecule has 7 heteroatoms. The van der Waals surface area contributed by atoms with Crippen LogP contribution < -0.4 is 0 Å². The van der Waals surface area contributed by atoms with Crippen molar-refractivity contribution in [1.82, 2.24) is 15.0 Å². The molecule has 0 N–H and O–H groups in total. The Labute approximate surface area is 121 Å². The Morgan fingerprint density at radius 2 is 2.10 bits per heavy atom. The van der Waals surface area contributed by atoms with Gasteiger partial charge in [-0.05, 0) is 31.9 Å². The fraction of sp³-hybridized carbons (Fsp3) is 0.385. The van der Waals surface area contributed by atoms with Crippen molar-refractivity contribution >= 4 is 17.3 Å². The topological polar surface area (TPSA) is 73.8 Å². The van der Waals surface area contributed by atoms with Gasteiger partial charge >= 0.3 is 0 Å². The number of hydrogen-bond donors (Lipinski definition) is 0. The zero-order valence-electron chi connectivity index (χ0n) is 11.5. The van der Waals surface area contributed by atoms with Gasteiger partial charge < -0.3 is 0 Å². The molecule has 6 nitrogen and oxygen atoms in total. The highest BCUT2D eigenvalue weighted by Crippen LogP contribution is 2.26. The van der Waals surface area contributed by atoms with Crippen molar-refractivity contribution in [1.29, 1.82) is 0 Å². The van der Waals surface area contributed by atoms with Crippen molar-refractivity contribution in [3.8, 4) is 5.69 Å². The molecule has 1 heterocycles. The largest absolute Gasteiger partial charge is 0.272 e. The van der Waals surface area contributed by atoms with Crippen LogP contribution in [-0.2, 0) is 0 Å². The number of rotatable bonds is 4. The lowest BCUT2D eigenvalue weighted by Gasteiger charge is -2.07. The van der Waals surface area contributed by atoms with Crippen LogP contribution in [0, 0.1) is 24.0 Å². The Kier molecular flexibility index (Phi) is 4.04. The molecule has 2 aromatic rings. The van der Waals surface area contributed by atoms with Crippen molar-refractivity contribution in [2.75, 3.05) is 0 Å². The Hall–Kier alpha value is -1.95. The maximum absolute atomic E-state index is 10.9. The molecule has 0 aliphatic heterocycles. The van der Waals surface area contributed by atoms with E-state index in [2.05, 4.69) is 10.3 Å². The molecule has 0 spiro atoms. The Balaban J connectivity index is 2.45. The van der Waals surface area contributed by atoms with Gasteiger partial charge in [-0.25, -0.2) is 4.68 Å². The first-order valence-corrected chi connectivity index (χ1v) is 6.70. The molecule has 1 aromatic heterocycles. The first-order chi connectivity index (χ1) is 9.43. The predicted molar refractivity (Wildman–Crippen MR) is 76.4 cm³/mol. The Morgan fingerprint density at radius 1 is 1.40 bits per heavy atom. The maximum Gasteiger partial charge on any atom is 0.272 e. The molecule has 20 heavy (non-hydrogen) atoms. The third kappa shape index (κ3) is 2.65. The molecular formula is C13H15ClN4O2. The van der Waals surface area contributed by atoms with Gasteiger partial charge in [0.05, 0.1) is 22.2 Å². The van der Waals surface area contributed by atoms with Crippen LogP contribution in [0.25, 0.3) is 5.69 Å². The van der Waals surface area contributed by atoms with Gasteiger partial charge in [0.25, 0.3) is 5.69 Å². The van der Waals surface area contributed by atoms with Gasteiger partial charge in [0.1, 0.15) is 5.69 Å². The maximum atomic E-state index is 10.9. The van der Waals surface area contributed by atoms with E-state index < -0.39 is 0 Å². The van der Waals surface area contributed by atoms with E-state index in [9.17, 15) is 10.1 Å². The van der Waals surface area contributed by atoms with Crippen molar-refractivity contribution in [2.45, 2.75) is 32.6 Å². The monoisotopic (exact) mass is 294 g/mol. The number of halogens is 1. The summed E-state index contributed by atoms with van der Waals surface area (Å²) in [6, 6.07) is 3.28. The molecule has 0 saturated carbocycles. The number of aromatic nitrogens is 3. The number of aryl methyl sites for hydroxylation is 2. The van der Waals surface area contributed by atoms with Gasteiger partial charge in [0.15, 0.2) is 0 Å². The van der Waals surface area contributed by atoms with E-state index in [-0.39, 0.29) is 16.0 Å². The average Bonchev–Trinajstić information content (AvgIpc) is 2.89. The molecular weight excluding hydrogens is 280 g/mol. The summed E-state index contributed by atoms with van der Waals surface area (Å²) in [5.74, 6) is 0. The van der Waals surface area contributed by atoms with E-state index in [0.717, 1.165) is 17.7 Å². The van der Waals surface area contributed by atoms with Gasteiger partial charge in [0, 0.05) is 11.6 Å². The highest BCUT2D eigenvalue weighted by atomic mass is 35.5. The van der Waals surface area contributed by atoms with E-state index >= 15 is 0 Å². The zero-order chi connectivity index (χ0) is 14.9. The predicted octanol–water partition coefficient (Wildman–Crippen LogP) is 3.48. The summed E-state index contributed by atoms with van der Waals surface area (Å²) in [4.78, 5) is 10.5. The Bertz CT molecular complexity index is 654. The Morgan fingerprint density at radius 3 is 2.70 bits per heavy atom. The van der Waals surface area contributed by atoms with Gasteiger partial charge in [-0.15, -0.1) is 16.7 Å². The van der Waals surface area contributed by atoms with Gasteiger partial charge in [-0.2, -0.15) is 0 Å². The molecule has 1 aromatic carbocycles. The van der Waals surface area contributed by atoms with Crippen LogP contribution in [0.15, 0.2) is 18.3 Å². The van der Waals surface area contributed by atoms with Crippen molar-refractivity contribution < 1.29 is 4.92 Å². The summed E-state index contributed by atoms with van der Waals surface area (Å²) >= 11 is 6.12. The third-order valence-electron chi connectivity index (χ3n) is 3.15. The average molecular weight is 295 g/mol. The molecule has 0 aliphatic carbocycles. The van der Waals surface area contributed by atoms with E-state index in [1.807, 2.05) is 6.92 Å². The molecule has 1 unspecified atom stereocenters. The van der Waals surface area contributed by atoms with Crippen LogP contribution in [0.5, 0.6) is 0 Å². The van der Waals surface area contributed by atoms with E-state index in [0.29, 0.717) is 11.3 Å². The van der Waals surface area contributed by atoms with E-state index in [1.165, 1.54) is 0 Å². The lowest BCUT2D eigenvalue weighted by molar-refractivity contribution is -0.385. The van der Waals surface area contributed by atoms with Crippen molar-refractivity contribution in [3.05, 3.63) is 45.3 Å². The summed E-state index contributed by atoms with van der Waals surface area (Å²) < 4.78 is 1.60. The summed E-state index contributed by atoms with van der Waals surface area (Å²) in [5, 5.41) is 18.8. The molecule has 0 amide bonds. The molecule has 1 atom stereocenters. The van der Waals surface area contributed by atoms with Gasteiger partial charge in [-0.3, -0.25) is 10.1 Å². The number of nitro groups is 1. The molecule has 106 valence electrons. The van der Waals surface area contributed by atoms with Crippen LogP contribution in [0.1, 0.15) is 35.5 Å². The van der Waals surface area contributed by atoms with E-state index in [4.69, 9.17) is 11.6 Å². The van der Waals surface area contributed by atoms with Crippen LogP contribution in [0.3, 0.4) is 0 Å². The minimum atomic E-state index is -0.384. The number of nitrogens with zero attached hydrogens (tertiary/aromatic N) is 4. The smallest absolute Gasteiger partial charge is 0.258 e. The van der Waals surface area contributed by atoms with Crippen LogP contribution in [0.2, 0.25) is 0 Å². The highest BCUT2D eigenvalue weighted by molar-refractivity contribution is 6.20. The first kappa shape index (κ1) is 14.5. The van der Waals surface area contributed by atoms with Gasteiger partial charge in [0.2, 0.25) is 0 Å². The fourth-order valence-electron chi connectivity index (χ4n) is 1.98. The second-order valence-electron chi connectivity index (χ2n) is 4.65. The molecule has 0 radical (unpaired) electrons. The lowest BCUT2D eigenvalue weighted by Crippen LogP contribution is -2.01.